The fourth-order valence-corrected chi connectivity index (χ4v) is 3.22. The quantitative estimate of drug-likeness (QED) is 0.571. The lowest BCUT2D eigenvalue weighted by atomic mass is 9.99. The SMILES string of the molecule is CCSc1ncc(CN2CCCCC2CCOC)cn1. The first kappa shape index (κ1) is 15.7. The molecule has 0 N–H and O–H groups in total. The fraction of sp³-hybridized carbons (Fsp3) is 0.733. The molecule has 1 aliphatic rings. The van der Waals surface area contributed by atoms with Crippen LogP contribution in [0.2, 0.25) is 0 Å². The van der Waals surface area contributed by atoms with Gasteiger partial charge in [0.25, 0.3) is 0 Å². The van der Waals surface area contributed by atoms with E-state index in [1.807, 2.05) is 12.4 Å². The molecule has 0 spiro atoms. The van der Waals surface area contributed by atoms with Gasteiger partial charge in [0.2, 0.25) is 0 Å². The highest BCUT2D eigenvalue weighted by Gasteiger charge is 2.22. The van der Waals surface area contributed by atoms with Crippen molar-refractivity contribution in [2.75, 3.05) is 26.0 Å². The number of hydrogen-bond acceptors (Lipinski definition) is 5. The van der Waals surface area contributed by atoms with Crippen LogP contribution < -0.4 is 0 Å². The van der Waals surface area contributed by atoms with E-state index < -0.39 is 0 Å². The Labute approximate surface area is 126 Å². The van der Waals surface area contributed by atoms with Crippen LogP contribution in [0.15, 0.2) is 17.6 Å². The number of piperidine rings is 1. The number of aromatic nitrogens is 2. The van der Waals surface area contributed by atoms with Crippen molar-refractivity contribution in [1.82, 2.24) is 14.9 Å². The molecule has 1 unspecified atom stereocenters. The molecular weight excluding hydrogens is 270 g/mol. The third-order valence-electron chi connectivity index (χ3n) is 3.74. The highest BCUT2D eigenvalue weighted by Crippen LogP contribution is 2.22. The number of nitrogens with zero attached hydrogens (tertiary/aromatic N) is 3. The van der Waals surface area contributed by atoms with E-state index in [9.17, 15) is 0 Å². The predicted octanol–water partition coefficient (Wildman–Crippen LogP) is 2.98. The minimum Gasteiger partial charge on any atom is -0.385 e. The molecule has 0 aromatic carbocycles. The van der Waals surface area contributed by atoms with Crippen LogP contribution in [0.25, 0.3) is 0 Å². The van der Waals surface area contributed by atoms with Gasteiger partial charge < -0.3 is 4.74 Å². The van der Waals surface area contributed by atoms with Gasteiger partial charge in [0.15, 0.2) is 5.16 Å². The minimum absolute atomic E-state index is 0.647. The average molecular weight is 295 g/mol. The predicted molar refractivity (Wildman–Crippen MR) is 83.0 cm³/mol. The Balaban J connectivity index is 1.91. The lowest BCUT2D eigenvalue weighted by Gasteiger charge is -2.35. The standard InChI is InChI=1S/C15H25N3OS/c1-3-20-15-16-10-13(11-17-15)12-18-8-5-4-6-14(18)7-9-19-2/h10-11,14H,3-9,12H2,1-2H3. The highest BCUT2D eigenvalue weighted by atomic mass is 32.2. The average Bonchev–Trinajstić information content (AvgIpc) is 2.49. The van der Waals surface area contributed by atoms with Crippen molar-refractivity contribution in [1.29, 1.82) is 0 Å². The van der Waals surface area contributed by atoms with E-state index in [2.05, 4.69) is 21.8 Å². The molecule has 1 fully saturated rings. The van der Waals surface area contributed by atoms with Crippen LogP contribution in [0, 0.1) is 0 Å². The summed E-state index contributed by atoms with van der Waals surface area (Å²) in [5.41, 5.74) is 1.22. The Kier molecular flexibility index (Phi) is 6.76. The fourth-order valence-electron chi connectivity index (χ4n) is 2.71. The summed E-state index contributed by atoms with van der Waals surface area (Å²) in [6, 6.07) is 0.647. The van der Waals surface area contributed by atoms with Gasteiger partial charge in [0.1, 0.15) is 0 Å². The van der Waals surface area contributed by atoms with Crippen molar-refractivity contribution >= 4 is 11.8 Å². The number of methoxy groups -OCH3 is 1. The van der Waals surface area contributed by atoms with Crippen LogP contribution in [-0.2, 0) is 11.3 Å². The molecule has 1 aromatic heterocycles. The zero-order valence-electron chi connectivity index (χ0n) is 12.5. The van der Waals surface area contributed by atoms with E-state index in [4.69, 9.17) is 4.74 Å². The Morgan fingerprint density at radius 1 is 1.35 bits per heavy atom. The van der Waals surface area contributed by atoms with Crippen LogP contribution in [0.1, 0.15) is 38.2 Å². The molecule has 0 radical (unpaired) electrons. The van der Waals surface area contributed by atoms with Crippen molar-refractivity contribution in [3.05, 3.63) is 18.0 Å². The van der Waals surface area contributed by atoms with E-state index in [1.165, 1.54) is 31.4 Å². The van der Waals surface area contributed by atoms with Gasteiger partial charge >= 0.3 is 0 Å². The highest BCUT2D eigenvalue weighted by molar-refractivity contribution is 7.99. The van der Waals surface area contributed by atoms with Crippen molar-refractivity contribution in [2.24, 2.45) is 0 Å². The van der Waals surface area contributed by atoms with Crippen molar-refractivity contribution in [3.8, 4) is 0 Å². The first-order valence-corrected chi connectivity index (χ1v) is 8.48. The molecule has 1 saturated heterocycles. The molecule has 4 nitrogen and oxygen atoms in total. The largest absolute Gasteiger partial charge is 0.385 e. The number of thioether (sulfide) groups is 1. The summed E-state index contributed by atoms with van der Waals surface area (Å²) in [6.07, 6.45) is 9.01. The molecule has 2 rings (SSSR count). The summed E-state index contributed by atoms with van der Waals surface area (Å²) in [4.78, 5) is 11.4. The monoisotopic (exact) mass is 295 g/mol. The number of ether oxygens (including phenoxy) is 1. The van der Waals surface area contributed by atoms with Crippen LogP contribution in [0.5, 0.6) is 0 Å². The maximum absolute atomic E-state index is 5.23. The van der Waals surface area contributed by atoms with Gasteiger partial charge in [-0.1, -0.05) is 25.1 Å². The zero-order chi connectivity index (χ0) is 14.2. The molecule has 5 heteroatoms. The Morgan fingerprint density at radius 2 is 2.15 bits per heavy atom. The molecular formula is C15H25N3OS. The second-order valence-corrected chi connectivity index (χ2v) is 6.44. The summed E-state index contributed by atoms with van der Waals surface area (Å²) >= 11 is 1.69. The summed E-state index contributed by atoms with van der Waals surface area (Å²) in [5, 5.41) is 0.880. The van der Waals surface area contributed by atoms with Gasteiger partial charge in [-0.05, 0) is 31.6 Å². The molecule has 1 atom stereocenters. The van der Waals surface area contributed by atoms with Gasteiger partial charge in [-0.2, -0.15) is 0 Å². The molecule has 0 amide bonds. The van der Waals surface area contributed by atoms with E-state index in [1.54, 1.807) is 18.9 Å². The smallest absolute Gasteiger partial charge is 0.187 e. The molecule has 1 aromatic rings. The van der Waals surface area contributed by atoms with E-state index in [0.717, 1.165) is 30.5 Å². The Bertz CT molecular complexity index is 385. The zero-order valence-corrected chi connectivity index (χ0v) is 13.4. The van der Waals surface area contributed by atoms with Gasteiger partial charge in [-0.3, -0.25) is 4.90 Å². The van der Waals surface area contributed by atoms with E-state index in [-0.39, 0.29) is 0 Å². The Hall–Kier alpha value is -0.650. The number of hydrogen-bond donors (Lipinski definition) is 0. The minimum atomic E-state index is 0.647. The molecule has 1 aliphatic heterocycles. The second kappa shape index (κ2) is 8.60. The van der Waals surface area contributed by atoms with Crippen LogP contribution in [0.4, 0.5) is 0 Å². The molecule has 20 heavy (non-hydrogen) atoms. The van der Waals surface area contributed by atoms with Gasteiger partial charge in [0.05, 0.1) is 0 Å². The summed E-state index contributed by atoms with van der Waals surface area (Å²) in [5.74, 6) is 1.02. The van der Waals surface area contributed by atoms with E-state index >= 15 is 0 Å². The lowest BCUT2D eigenvalue weighted by Crippen LogP contribution is -2.39. The van der Waals surface area contributed by atoms with Gasteiger partial charge in [-0.25, -0.2) is 9.97 Å². The number of likely N-dealkylation sites (tertiary alicyclic amines) is 1. The van der Waals surface area contributed by atoms with Crippen molar-refractivity contribution in [2.45, 2.75) is 50.4 Å². The van der Waals surface area contributed by atoms with Crippen LogP contribution in [0.3, 0.4) is 0 Å². The molecule has 2 heterocycles. The summed E-state index contributed by atoms with van der Waals surface area (Å²) in [7, 11) is 1.78. The molecule has 0 saturated carbocycles. The van der Waals surface area contributed by atoms with Crippen LogP contribution >= 0.6 is 11.8 Å². The molecule has 112 valence electrons. The second-order valence-electron chi connectivity index (χ2n) is 5.21. The summed E-state index contributed by atoms with van der Waals surface area (Å²) < 4.78 is 5.23. The normalized spacial score (nSPS) is 20.2. The topological polar surface area (TPSA) is 38.2 Å². The first-order chi connectivity index (χ1) is 9.83. The third-order valence-corrected chi connectivity index (χ3v) is 4.50. The maximum atomic E-state index is 5.23. The van der Waals surface area contributed by atoms with Crippen molar-refractivity contribution in [3.63, 3.8) is 0 Å². The number of rotatable bonds is 7. The molecule has 0 bridgehead atoms. The molecule has 0 aliphatic carbocycles. The Morgan fingerprint density at radius 3 is 2.85 bits per heavy atom. The first-order valence-electron chi connectivity index (χ1n) is 7.50. The van der Waals surface area contributed by atoms with Gasteiger partial charge in [0, 0.05) is 44.3 Å². The maximum Gasteiger partial charge on any atom is 0.187 e. The van der Waals surface area contributed by atoms with Gasteiger partial charge in [-0.15, -0.1) is 0 Å². The summed E-state index contributed by atoms with van der Waals surface area (Å²) in [6.45, 7) is 5.12. The third kappa shape index (κ3) is 4.72. The van der Waals surface area contributed by atoms with Crippen LogP contribution in [-0.4, -0.2) is 46.9 Å². The lowest BCUT2D eigenvalue weighted by molar-refractivity contribution is 0.0972. The van der Waals surface area contributed by atoms with E-state index in [0.29, 0.717) is 6.04 Å². The van der Waals surface area contributed by atoms with Crippen molar-refractivity contribution < 1.29 is 4.74 Å².